The van der Waals surface area contributed by atoms with Gasteiger partial charge in [-0.15, -0.1) is 11.3 Å². The Morgan fingerprint density at radius 2 is 1.64 bits per heavy atom. The van der Waals surface area contributed by atoms with Crippen LogP contribution < -0.4 is 5.32 Å². The van der Waals surface area contributed by atoms with Gasteiger partial charge in [0.15, 0.2) is 0 Å². The molecule has 0 atom stereocenters. The van der Waals surface area contributed by atoms with Gasteiger partial charge in [-0.1, -0.05) is 50.1 Å². The quantitative estimate of drug-likeness (QED) is 0.489. The molecule has 0 bridgehead atoms. The maximum Gasteiger partial charge on any atom is 0.339 e. The molecule has 0 fully saturated rings. The lowest BCUT2D eigenvalue weighted by molar-refractivity contribution is 0.0699. The molecule has 25 heavy (non-hydrogen) atoms. The van der Waals surface area contributed by atoms with Crippen LogP contribution in [0.5, 0.6) is 0 Å². The first kappa shape index (κ1) is 17.8. The normalized spacial score (nSPS) is 10.5. The second-order valence-electron chi connectivity index (χ2n) is 5.10. The summed E-state index contributed by atoms with van der Waals surface area (Å²) in [5, 5.41) is 14.4. The van der Waals surface area contributed by atoms with Gasteiger partial charge in [-0.2, -0.15) is 0 Å². The third kappa shape index (κ3) is 3.84. The van der Waals surface area contributed by atoms with Crippen LogP contribution in [-0.4, -0.2) is 17.0 Å². The second kappa shape index (κ2) is 7.51. The summed E-state index contributed by atoms with van der Waals surface area (Å²) in [6.45, 7) is 0. The molecule has 0 saturated heterocycles. The number of nitrogens with one attached hydrogen (secondary N) is 1. The van der Waals surface area contributed by atoms with Crippen molar-refractivity contribution in [3.63, 3.8) is 0 Å². The number of carbonyl (C=O) groups is 2. The van der Waals surface area contributed by atoms with E-state index < -0.39 is 5.97 Å². The molecule has 2 N–H and O–H groups in total. The van der Waals surface area contributed by atoms with Gasteiger partial charge in [0.1, 0.15) is 10.6 Å². The highest BCUT2D eigenvalue weighted by molar-refractivity contribution is 9.10. The van der Waals surface area contributed by atoms with Gasteiger partial charge < -0.3 is 10.4 Å². The standard InChI is InChI=1S/C18H11Br2NO3S/c19-11-7-5-10(6-8-11)16(22)21-17-15(18(23)24)13(9-25-17)12-3-1-2-4-14(12)20/h1-9H,(H,21,22)(H,23,24). The first-order valence-corrected chi connectivity index (χ1v) is 9.60. The van der Waals surface area contributed by atoms with E-state index in [1.807, 2.05) is 24.3 Å². The van der Waals surface area contributed by atoms with E-state index in [-0.39, 0.29) is 11.5 Å². The molecule has 2 aromatic carbocycles. The molecule has 0 aliphatic heterocycles. The number of rotatable bonds is 4. The number of carboxylic acids is 1. The Balaban J connectivity index is 1.98. The molecule has 4 nitrogen and oxygen atoms in total. The summed E-state index contributed by atoms with van der Waals surface area (Å²) >= 11 is 7.95. The SMILES string of the molecule is O=C(Nc1scc(-c2ccccc2Br)c1C(=O)O)c1ccc(Br)cc1. The number of benzene rings is 2. The summed E-state index contributed by atoms with van der Waals surface area (Å²) in [5.41, 5.74) is 1.87. The van der Waals surface area contributed by atoms with Crippen LogP contribution in [0.25, 0.3) is 11.1 Å². The van der Waals surface area contributed by atoms with E-state index in [1.165, 1.54) is 11.3 Å². The molecular weight excluding hydrogens is 470 g/mol. The number of thiophene rings is 1. The number of hydrogen-bond acceptors (Lipinski definition) is 3. The van der Waals surface area contributed by atoms with Crippen molar-refractivity contribution < 1.29 is 14.7 Å². The highest BCUT2D eigenvalue weighted by Crippen LogP contribution is 2.38. The Kier molecular flexibility index (Phi) is 5.36. The number of aromatic carboxylic acids is 1. The molecule has 0 saturated carbocycles. The van der Waals surface area contributed by atoms with Gasteiger partial charge >= 0.3 is 5.97 Å². The summed E-state index contributed by atoms with van der Waals surface area (Å²) in [4.78, 5) is 24.2. The predicted octanol–water partition coefficient (Wildman–Crippen LogP) is 5.89. The molecule has 1 aromatic heterocycles. The van der Waals surface area contributed by atoms with Crippen LogP contribution in [0.3, 0.4) is 0 Å². The predicted molar refractivity (Wildman–Crippen MR) is 107 cm³/mol. The Hall–Kier alpha value is -1.96. The fourth-order valence-electron chi connectivity index (χ4n) is 2.32. The number of amides is 1. The molecule has 3 rings (SSSR count). The van der Waals surface area contributed by atoms with Crippen molar-refractivity contribution in [1.29, 1.82) is 0 Å². The fourth-order valence-corrected chi connectivity index (χ4v) is 4.03. The third-order valence-corrected chi connectivity index (χ3v) is 5.62. The Morgan fingerprint density at radius 3 is 2.28 bits per heavy atom. The molecule has 0 aliphatic rings. The van der Waals surface area contributed by atoms with Gasteiger partial charge in [0.25, 0.3) is 5.91 Å². The smallest absolute Gasteiger partial charge is 0.339 e. The average molecular weight is 481 g/mol. The number of carbonyl (C=O) groups excluding carboxylic acids is 1. The second-order valence-corrected chi connectivity index (χ2v) is 7.75. The summed E-state index contributed by atoms with van der Waals surface area (Å²) < 4.78 is 1.66. The van der Waals surface area contributed by atoms with Crippen molar-refractivity contribution in [1.82, 2.24) is 0 Å². The van der Waals surface area contributed by atoms with E-state index in [0.717, 1.165) is 14.5 Å². The molecule has 7 heteroatoms. The van der Waals surface area contributed by atoms with Crippen LogP contribution in [0, 0.1) is 0 Å². The van der Waals surface area contributed by atoms with Gasteiger partial charge in [-0.3, -0.25) is 4.79 Å². The van der Waals surface area contributed by atoms with Gasteiger partial charge in [0, 0.05) is 25.5 Å². The Bertz CT molecular complexity index is 951. The maximum atomic E-state index is 12.4. The van der Waals surface area contributed by atoms with E-state index in [1.54, 1.807) is 29.6 Å². The highest BCUT2D eigenvalue weighted by atomic mass is 79.9. The largest absolute Gasteiger partial charge is 0.478 e. The summed E-state index contributed by atoms with van der Waals surface area (Å²) in [7, 11) is 0. The van der Waals surface area contributed by atoms with Crippen LogP contribution >= 0.6 is 43.2 Å². The minimum Gasteiger partial charge on any atom is -0.478 e. The zero-order chi connectivity index (χ0) is 18.0. The zero-order valence-electron chi connectivity index (χ0n) is 12.6. The van der Waals surface area contributed by atoms with Crippen molar-refractivity contribution in [3.8, 4) is 11.1 Å². The highest BCUT2D eigenvalue weighted by Gasteiger charge is 2.22. The van der Waals surface area contributed by atoms with Crippen molar-refractivity contribution in [2.45, 2.75) is 0 Å². The fraction of sp³-hybridized carbons (Fsp3) is 0. The summed E-state index contributed by atoms with van der Waals surface area (Å²) in [5.74, 6) is -1.44. The van der Waals surface area contributed by atoms with Gasteiger partial charge in [0.2, 0.25) is 0 Å². The lowest BCUT2D eigenvalue weighted by atomic mass is 10.0. The van der Waals surface area contributed by atoms with Crippen LogP contribution in [0.4, 0.5) is 5.00 Å². The minimum absolute atomic E-state index is 0.0855. The van der Waals surface area contributed by atoms with Crippen LogP contribution in [-0.2, 0) is 0 Å². The van der Waals surface area contributed by atoms with Crippen LogP contribution in [0.15, 0.2) is 62.9 Å². The number of anilines is 1. The van der Waals surface area contributed by atoms with Crippen molar-refractivity contribution in [2.75, 3.05) is 5.32 Å². The van der Waals surface area contributed by atoms with E-state index in [9.17, 15) is 14.7 Å². The van der Waals surface area contributed by atoms with E-state index in [4.69, 9.17) is 0 Å². The number of carboxylic acid groups (broad SMARTS) is 1. The number of halogens is 2. The first-order chi connectivity index (χ1) is 12.0. The van der Waals surface area contributed by atoms with Crippen molar-refractivity contribution in [2.24, 2.45) is 0 Å². The molecule has 0 radical (unpaired) electrons. The molecule has 1 heterocycles. The van der Waals surface area contributed by atoms with Gasteiger partial charge in [-0.25, -0.2) is 4.79 Å². The number of hydrogen-bond donors (Lipinski definition) is 2. The zero-order valence-corrected chi connectivity index (χ0v) is 16.6. The lowest BCUT2D eigenvalue weighted by Crippen LogP contribution is -2.13. The molecular formula is C18H11Br2NO3S. The van der Waals surface area contributed by atoms with Crippen molar-refractivity contribution >= 4 is 60.1 Å². The van der Waals surface area contributed by atoms with E-state index >= 15 is 0 Å². The van der Waals surface area contributed by atoms with Gasteiger partial charge in [-0.05, 0) is 35.9 Å². The third-order valence-electron chi connectivity index (χ3n) is 3.50. The maximum absolute atomic E-state index is 12.4. The summed E-state index contributed by atoms with van der Waals surface area (Å²) in [6.07, 6.45) is 0. The Labute approximate surface area is 164 Å². The first-order valence-electron chi connectivity index (χ1n) is 7.14. The lowest BCUT2D eigenvalue weighted by Gasteiger charge is -2.07. The summed E-state index contributed by atoms with van der Waals surface area (Å²) in [6, 6.07) is 14.2. The molecule has 3 aromatic rings. The molecule has 0 unspecified atom stereocenters. The van der Waals surface area contributed by atoms with E-state index in [2.05, 4.69) is 37.2 Å². The van der Waals surface area contributed by atoms with Gasteiger partial charge in [0.05, 0.1) is 0 Å². The minimum atomic E-state index is -1.09. The van der Waals surface area contributed by atoms with E-state index in [0.29, 0.717) is 16.1 Å². The molecule has 1 amide bonds. The van der Waals surface area contributed by atoms with Crippen LogP contribution in [0.1, 0.15) is 20.7 Å². The topological polar surface area (TPSA) is 66.4 Å². The van der Waals surface area contributed by atoms with Crippen LogP contribution in [0.2, 0.25) is 0 Å². The molecule has 0 spiro atoms. The van der Waals surface area contributed by atoms with Crippen molar-refractivity contribution in [3.05, 3.63) is 74.0 Å². The Morgan fingerprint density at radius 1 is 0.960 bits per heavy atom. The molecule has 0 aliphatic carbocycles. The monoisotopic (exact) mass is 479 g/mol. The average Bonchev–Trinajstić information content (AvgIpc) is 2.99. The molecule has 126 valence electrons.